The number of benzene rings is 1. The van der Waals surface area contributed by atoms with Crippen molar-refractivity contribution in [2.45, 2.75) is 6.42 Å². The molecule has 0 amide bonds. The zero-order valence-corrected chi connectivity index (χ0v) is 10.9. The highest BCUT2D eigenvalue weighted by molar-refractivity contribution is 6.44. The Morgan fingerprint density at radius 2 is 1.94 bits per heavy atom. The van der Waals surface area contributed by atoms with E-state index in [-0.39, 0.29) is 0 Å². The summed E-state index contributed by atoms with van der Waals surface area (Å²) in [5.41, 5.74) is 0.822. The Balaban J connectivity index is 2.00. The molecule has 1 aliphatic heterocycles. The van der Waals surface area contributed by atoms with Crippen LogP contribution in [-0.4, -0.2) is 19.8 Å². The maximum absolute atomic E-state index is 6.05. The van der Waals surface area contributed by atoms with Gasteiger partial charge >= 0.3 is 0 Å². The van der Waals surface area contributed by atoms with E-state index in [1.165, 1.54) is 0 Å². The fourth-order valence-electron chi connectivity index (χ4n) is 1.66. The van der Waals surface area contributed by atoms with E-state index in [9.17, 15) is 0 Å². The molecule has 1 unspecified atom stereocenters. The highest BCUT2D eigenvalue weighted by Gasteiger charge is 2.15. The summed E-state index contributed by atoms with van der Waals surface area (Å²) in [5, 5.41) is 4.84. The van der Waals surface area contributed by atoms with Crippen molar-refractivity contribution in [2.75, 3.05) is 25.1 Å². The molecule has 1 aliphatic rings. The first-order chi connectivity index (χ1) is 7.66. The topological polar surface area (TPSA) is 21.3 Å². The molecule has 0 radical (unpaired) electrons. The molecule has 2 nitrogen and oxygen atoms in total. The van der Waals surface area contributed by atoms with Gasteiger partial charge in [0.05, 0.1) is 27.4 Å². The summed E-state index contributed by atoms with van der Waals surface area (Å²) in [6, 6.07) is 3.40. The van der Waals surface area contributed by atoms with Crippen molar-refractivity contribution in [3.63, 3.8) is 0 Å². The molecule has 1 aromatic rings. The van der Waals surface area contributed by atoms with Crippen molar-refractivity contribution in [3.8, 4) is 0 Å². The van der Waals surface area contributed by atoms with Gasteiger partial charge in [-0.05, 0) is 18.6 Å². The summed E-state index contributed by atoms with van der Waals surface area (Å²) >= 11 is 17.8. The summed E-state index contributed by atoms with van der Waals surface area (Å²) in [5.74, 6) is 0.547. The predicted molar refractivity (Wildman–Crippen MR) is 68.9 cm³/mol. The fraction of sp³-hybridized carbons (Fsp3) is 0.455. The molecule has 88 valence electrons. The molecule has 0 aromatic heterocycles. The van der Waals surface area contributed by atoms with Crippen LogP contribution in [0.25, 0.3) is 0 Å². The average molecular weight is 281 g/mol. The molecule has 1 saturated heterocycles. The maximum atomic E-state index is 6.05. The van der Waals surface area contributed by atoms with Gasteiger partial charge in [-0.25, -0.2) is 0 Å². The summed E-state index contributed by atoms with van der Waals surface area (Å²) in [6.07, 6.45) is 1.09. The van der Waals surface area contributed by atoms with Crippen molar-refractivity contribution < 1.29 is 4.74 Å². The molecule has 5 heteroatoms. The lowest BCUT2D eigenvalue weighted by molar-refractivity contribution is 0.187. The molecule has 1 fully saturated rings. The van der Waals surface area contributed by atoms with Crippen LogP contribution in [0.4, 0.5) is 5.69 Å². The lowest BCUT2D eigenvalue weighted by atomic mass is 10.1. The van der Waals surface area contributed by atoms with Gasteiger partial charge in [0, 0.05) is 19.1 Å². The van der Waals surface area contributed by atoms with E-state index in [2.05, 4.69) is 5.32 Å². The predicted octanol–water partition coefficient (Wildman–Crippen LogP) is 4.10. The second kappa shape index (κ2) is 5.46. The van der Waals surface area contributed by atoms with Crippen LogP contribution in [0.3, 0.4) is 0 Å². The number of ether oxygens (including phenoxy) is 1. The molecule has 1 heterocycles. The van der Waals surface area contributed by atoms with Crippen LogP contribution in [0.2, 0.25) is 15.1 Å². The average Bonchev–Trinajstić information content (AvgIpc) is 2.74. The zero-order valence-electron chi connectivity index (χ0n) is 8.60. The lowest BCUT2D eigenvalue weighted by Crippen LogP contribution is -2.14. The maximum Gasteiger partial charge on any atom is 0.0653 e. The number of nitrogens with one attached hydrogen (secondary N) is 1. The summed E-state index contributed by atoms with van der Waals surface area (Å²) < 4.78 is 5.30. The Bertz CT molecular complexity index is 378. The monoisotopic (exact) mass is 279 g/mol. The van der Waals surface area contributed by atoms with E-state index < -0.39 is 0 Å². The number of anilines is 1. The first kappa shape index (κ1) is 12.3. The van der Waals surface area contributed by atoms with Crippen LogP contribution >= 0.6 is 34.8 Å². The minimum Gasteiger partial charge on any atom is -0.383 e. The zero-order chi connectivity index (χ0) is 11.5. The van der Waals surface area contributed by atoms with E-state index in [0.29, 0.717) is 21.0 Å². The van der Waals surface area contributed by atoms with Crippen LogP contribution in [0.5, 0.6) is 0 Å². The smallest absolute Gasteiger partial charge is 0.0653 e. The van der Waals surface area contributed by atoms with Crippen LogP contribution in [-0.2, 0) is 4.74 Å². The third-order valence-corrected chi connectivity index (χ3v) is 3.65. The normalized spacial score (nSPS) is 20.1. The highest BCUT2D eigenvalue weighted by atomic mass is 35.5. The largest absolute Gasteiger partial charge is 0.383 e. The Labute approximate surface area is 110 Å². The van der Waals surface area contributed by atoms with E-state index in [4.69, 9.17) is 39.5 Å². The Morgan fingerprint density at radius 1 is 1.19 bits per heavy atom. The van der Waals surface area contributed by atoms with Crippen molar-refractivity contribution in [1.29, 1.82) is 0 Å². The second-order valence-electron chi connectivity index (χ2n) is 3.86. The Morgan fingerprint density at radius 3 is 2.62 bits per heavy atom. The lowest BCUT2D eigenvalue weighted by Gasteiger charge is -2.12. The molecule has 2 rings (SSSR count). The molecule has 0 bridgehead atoms. The van der Waals surface area contributed by atoms with Crippen molar-refractivity contribution in [2.24, 2.45) is 5.92 Å². The molecular weight excluding hydrogens is 268 g/mol. The van der Waals surface area contributed by atoms with Crippen LogP contribution in [0.1, 0.15) is 6.42 Å². The Hall–Kier alpha value is -0.150. The van der Waals surface area contributed by atoms with Crippen LogP contribution in [0, 0.1) is 5.92 Å². The SMILES string of the molecule is Clc1cc(Cl)c(NCC2CCOC2)cc1Cl. The summed E-state index contributed by atoms with van der Waals surface area (Å²) in [7, 11) is 0. The molecule has 0 saturated carbocycles. The van der Waals surface area contributed by atoms with Gasteiger partial charge in [0.1, 0.15) is 0 Å². The molecule has 0 spiro atoms. The third kappa shape index (κ3) is 2.95. The van der Waals surface area contributed by atoms with Crippen molar-refractivity contribution in [1.82, 2.24) is 0 Å². The molecule has 1 N–H and O–H groups in total. The van der Waals surface area contributed by atoms with Gasteiger partial charge in [-0.1, -0.05) is 34.8 Å². The van der Waals surface area contributed by atoms with Gasteiger partial charge in [0.15, 0.2) is 0 Å². The fourth-order valence-corrected chi connectivity index (χ4v) is 2.27. The van der Waals surface area contributed by atoms with Crippen LogP contribution in [0.15, 0.2) is 12.1 Å². The van der Waals surface area contributed by atoms with Gasteiger partial charge < -0.3 is 10.1 Å². The first-order valence-corrected chi connectivity index (χ1v) is 6.26. The minimum atomic E-state index is 0.474. The molecular formula is C11H12Cl3NO. The van der Waals surface area contributed by atoms with E-state index in [0.717, 1.165) is 31.9 Å². The molecule has 16 heavy (non-hydrogen) atoms. The number of rotatable bonds is 3. The standard InChI is InChI=1S/C11H12Cl3NO/c12-8-3-10(14)11(4-9(8)13)15-5-7-1-2-16-6-7/h3-4,7,15H,1-2,5-6H2. The first-order valence-electron chi connectivity index (χ1n) is 5.13. The van der Waals surface area contributed by atoms with Gasteiger partial charge in [-0.2, -0.15) is 0 Å². The van der Waals surface area contributed by atoms with Gasteiger partial charge in [0.25, 0.3) is 0 Å². The number of halogens is 3. The molecule has 1 atom stereocenters. The Kier molecular flexibility index (Phi) is 4.20. The number of hydrogen-bond donors (Lipinski definition) is 1. The quantitative estimate of drug-likeness (QED) is 0.842. The van der Waals surface area contributed by atoms with E-state index in [1.54, 1.807) is 12.1 Å². The minimum absolute atomic E-state index is 0.474. The highest BCUT2D eigenvalue weighted by Crippen LogP contribution is 2.32. The van der Waals surface area contributed by atoms with Crippen molar-refractivity contribution in [3.05, 3.63) is 27.2 Å². The van der Waals surface area contributed by atoms with E-state index in [1.807, 2.05) is 0 Å². The third-order valence-electron chi connectivity index (χ3n) is 2.62. The van der Waals surface area contributed by atoms with E-state index >= 15 is 0 Å². The second-order valence-corrected chi connectivity index (χ2v) is 5.08. The van der Waals surface area contributed by atoms with Gasteiger partial charge in [-0.3, -0.25) is 0 Å². The van der Waals surface area contributed by atoms with Gasteiger partial charge in [0.2, 0.25) is 0 Å². The molecule has 1 aromatic carbocycles. The van der Waals surface area contributed by atoms with Gasteiger partial charge in [-0.15, -0.1) is 0 Å². The van der Waals surface area contributed by atoms with Crippen molar-refractivity contribution >= 4 is 40.5 Å². The van der Waals surface area contributed by atoms with Crippen LogP contribution < -0.4 is 5.32 Å². The number of hydrogen-bond acceptors (Lipinski definition) is 2. The summed E-state index contributed by atoms with van der Waals surface area (Å²) in [4.78, 5) is 0. The molecule has 0 aliphatic carbocycles. The summed E-state index contributed by atoms with van der Waals surface area (Å²) in [6.45, 7) is 2.51.